The SMILES string of the molecule is CCOCCOc1ccc(S(=O)(=O)NC(C)c2ccc(Cl)cc2)cc1. The van der Waals surface area contributed by atoms with Crippen molar-refractivity contribution < 1.29 is 17.9 Å². The molecule has 0 bridgehead atoms. The Hall–Kier alpha value is -1.60. The molecule has 0 aliphatic carbocycles. The van der Waals surface area contributed by atoms with Crippen molar-refractivity contribution in [1.82, 2.24) is 4.72 Å². The molecule has 0 amide bonds. The molecule has 0 aliphatic heterocycles. The summed E-state index contributed by atoms with van der Waals surface area (Å²) < 4.78 is 38.3. The van der Waals surface area contributed by atoms with Crippen molar-refractivity contribution in [3.63, 3.8) is 0 Å². The van der Waals surface area contributed by atoms with Crippen molar-refractivity contribution in [2.75, 3.05) is 19.8 Å². The van der Waals surface area contributed by atoms with E-state index in [1.807, 2.05) is 6.92 Å². The minimum absolute atomic E-state index is 0.186. The van der Waals surface area contributed by atoms with Gasteiger partial charge in [-0.05, 0) is 55.8 Å². The summed E-state index contributed by atoms with van der Waals surface area (Å²) in [5, 5.41) is 0.610. The maximum Gasteiger partial charge on any atom is 0.241 e. The Balaban J connectivity index is 2.00. The first kappa shape index (κ1) is 19.7. The van der Waals surface area contributed by atoms with Crippen LogP contribution in [-0.4, -0.2) is 28.2 Å². The first-order chi connectivity index (χ1) is 11.9. The van der Waals surface area contributed by atoms with E-state index in [2.05, 4.69) is 4.72 Å². The van der Waals surface area contributed by atoms with Crippen LogP contribution in [0.25, 0.3) is 0 Å². The monoisotopic (exact) mass is 383 g/mol. The largest absolute Gasteiger partial charge is 0.491 e. The minimum Gasteiger partial charge on any atom is -0.491 e. The molecule has 0 fully saturated rings. The minimum atomic E-state index is -3.63. The van der Waals surface area contributed by atoms with Crippen LogP contribution in [0.2, 0.25) is 5.02 Å². The Bertz CT molecular complexity index is 761. The van der Waals surface area contributed by atoms with E-state index in [-0.39, 0.29) is 10.9 Å². The van der Waals surface area contributed by atoms with E-state index < -0.39 is 10.0 Å². The zero-order valence-electron chi connectivity index (χ0n) is 14.2. The van der Waals surface area contributed by atoms with Crippen molar-refractivity contribution >= 4 is 21.6 Å². The van der Waals surface area contributed by atoms with E-state index in [9.17, 15) is 8.42 Å². The predicted molar refractivity (Wildman–Crippen MR) is 98.6 cm³/mol. The summed E-state index contributed by atoms with van der Waals surface area (Å²) >= 11 is 5.86. The lowest BCUT2D eigenvalue weighted by Crippen LogP contribution is -2.26. The maximum atomic E-state index is 12.5. The second-order valence-electron chi connectivity index (χ2n) is 5.41. The molecule has 2 rings (SSSR count). The summed E-state index contributed by atoms with van der Waals surface area (Å²) in [6.07, 6.45) is 0. The fourth-order valence-electron chi connectivity index (χ4n) is 2.20. The number of rotatable bonds is 9. The molecule has 0 aliphatic rings. The van der Waals surface area contributed by atoms with Gasteiger partial charge in [-0.3, -0.25) is 0 Å². The zero-order valence-corrected chi connectivity index (χ0v) is 15.8. The van der Waals surface area contributed by atoms with Gasteiger partial charge in [0.25, 0.3) is 0 Å². The third-order valence-corrected chi connectivity index (χ3v) is 5.35. The lowest BCUT2D eigenvalue weighted by atomic mass is 10.1. The lowest BCUT2D eigenvalue weighted by Gasteiger charge is -2.15. The third kappa shape index (κ3) is 6.01. The highest BCUT2D eigenvalue weighted by Gasteiger charge is 2.18. The molecule has 5 nitrogen and oxygen atoms in total. The molecule has 0 spiro atoms. The van der Waals surface area contributed by atoms with Crippen LogP contribution in [-0.2, 0) is 14.8 Å². The fourth-order valence-corrected chi connectivity index (χ4v) is 3.56. The molecule has 1 unspecified atom stereocenters. The number of nitrogens with one attached hydrogen (secondary N) is 1. The highest BCUT2D eigenvalue weighted by molar-refractivity contribution is 7.89. The molecule has 1 N–H and O–H groups in total. The Morgan fingerprint density at radius 3 is 2.28 bits per heavy atom. The topological polar surface area (TPSA) is 64.6 Å². The molecule has 7 heteroatoms. The highest BCUT2D eigenvalue weighted by Crippen LogP contribution is 2.20. The molecule has 25 heavy (non-hydrogen) atoms. The normalized spacial score (nSPS) is 12.8. The molecule has 2 aromatic carbocycles. The van der Waals surface area contributed by atoms with Crippen LogP contribution in [0.4, 0.5) is 0 Å². The summed E-state index contributed by atoms with van der Waals surface area (Å²) in [6.45, 7) is 5.25. The van der Waals surface area contributed by atoms with Gasteiger partial charge in [-0.15, -0.1) is 0 Å². The van der Waals surface area contributed by atoms with Crippen molar-refractivity contribution in [2.24, 2.45) is 0 Å². The third-order valence-electron chi connectivity index (χ3n) is 3.54. The van der Waals surface area contributed by atoms with Crippen molar-refractivity contribution in [1.29, 1.82) is 0 Å². The number of sulfonamides is 1. The summed E-state index contributed by atoms with van der Waals surface area (Å²) in [5.41, 5.74) is 0.837. The Kier molecular flexibility index (Phi) is 7.25. The van der Waals surface area contributed by atoms with Crippen LogP contribution >= 0.6 is 11.6 Å². The molecule has 1 atom stereocenters. The van der Waals surface area contributed by atoms with E-state index in [0.717, 1.165) is 5.56 Å². The molecule has 0 radical (unpaired) electrons. The van der Waals surface area contributed by atoms with Gasteiger partial charge in [-0.25, -0.2) is 13.1 Å². The Morgan fingerprint density at radius 2 is 1.68 bits per heavy atom. The van der Waals surface area contributed by atoms with Crippen LogP contribution in [0.3, 0.4) is 0 Å². The summed E-state index contributed by atoms with van der Waals surface area (Å²) in [5.74, 6) is 0.601. The average molecular weight is 384 g/mol. The maximum absolute atomic E-state index is 12.5. The van der Waals surface area contributed by atoms with E-state index in [1.54, 1.807) is 43.3 Å². The summed E-state index contributed by atoms with van der Waals surface area (Å²) in [4.78, 5) is 0.186. The first-order valence-corrected chi connectivity index (χ1v) is 9.87. The second kappa shape index (κ2) is 9.20. The molecule has 136 valence electrons. The molecular formula is C18H22ClNO4S. The van der Waals surface area contributed by atoms with Crippen LogP contribution in [0.5, 0.6) is 5.75 Å². The van der Waals surface area contributed by atoms with Gasteiger partial charge in [0.15, 0.2) is 0 Å². The number of ether oxygens (including phenoxy) is 2. The van der Waals surface area contributed by atoms with E-state index >= 15 is 0 Å². The highest BCUT2D eigenvalue weighted by atomic mass is 35.5. The Morgan fingerprint density at radius 1 is 1.04 bits per heavy atom. The van der Waals surface area contributed by atoms with Crippen LogP contribution in [0, 0.1) is 0 Å². The molecule has 0 saturated heterocycles. The number of benzene rings is 2. The molecule has 2 aromatic rings. The van der Waals surface area contributed by atoms with E-state index in [1.165, 1.54) is 12.1 Å². The standard InChI is InChI=1S/C18H22ClNO4S/c1-3-23-12-13-24-17-8-10-18(11-9-17)25(21,22)20-14(2)15-4-6-16(19)7-5-15/h4-11,14,20H,3,12-13H2,1-2H3. The zero-order chi connectivity index (χ0) is 18.3. The van der Waals surface area contributed by atoms with Crippen molar-refractivity contribution in [3.8, 4) is 5.75 Å². The number of hydrogen-bond acceptors (Lipinski definition) is 4. The van der Waals surface area contributed by atoms with Crippen molar-refractivity contribution in [3.05, 3.63) is 59.1 Å². The first-order valence-electron chi connectivity index (χ1n) is 8.01. The fraction of sp³-hybridized carbons (Fsp3) is 0.333. The summed E-state index contributed by atoms with van der Waals surface area (Å²) in [6, 6.07) is 13.0. The molecular weight excluding hydrogens is 362 g/mol. The van der Waals surface area contributed by atoms with E-state index in [4.69, 9.17) is 21.1 Å². The predicted octanol–water partition coefficient (Wildman–Crippen LogP) is 3.79. The molecule has 0 saturated carbocycles. The number of halogens is 1. The molecule has 0 heterocycles. The average Bonchev–Trinajstić information content (AvgIpc) is 2.59. The number of hydrogen-bond donors (Lipinski definition) is 1. The second-order valence-corrected chi connectivity index (χ2v) is 7.56. The van der Waals surface area contributed by atoms with Gasteiger partial charge in [0.05, 0.1) is 11.5 Å². The van der Waals surface area contributed by atoms with Crippen molar-refractivity contribution in [2.45, 2.75) is 24.8 Å². The van der Waals surface area contributed by atoms with E-state index in [0.29, 0.717) is 30.6 Å². The van der Waals surface area contributed by atoms with Gasteiger partial charge < -0.3 is 9.47 Å². The van der Waals surface area contributed by atoms with Gasteiger partial charge in [-0.1, -0.05) is 23.7 Å². The summed E-state index contributed by atoms with van der Waals surface area (Å²) in [7, 11) is -3.63. The lowest BCUT2D eigenvalue weighted by molar-refractivity contribution is 0.110. The van der Waals surface area contributed by atoms with Gasteiger partial charge in [0, 0.05) is 17.7 Å². The quantitative estimate of drug-likeness (QED) is 0.669. The van der Waals surface area contributed by atoms with Gasteiger partial charge in [0.1, 0.15) is 12.4 Å². The van der Waals surface area contributed by atoms with Crippen LogP contribution < -0.4 is 9.46 Å². The van der Waals surface area contributed by atoms with Gasteiger partial charge in [-0.2, -0.15) is 0 Å². The Labute approximate surface area is 154 Å². The smallest absolute Gasteiger partial charge is 0.241 e. The van der Waals surface area contributed by atoms with Crippen LogP contribution in [0.1, 0.15) is 25.5 Å². The van der Waals surface area contributed by atoms with Gasteiger partial charge >= 0.3 is 0 Å². The van der Waals surface area contributed by atoms with Crippen LogP contribution in [0.15, 0.2) is 53.4 Å². The molecule has 0 aromatic heterocycles. The van der Waals surface area contributed by atoms with Gasteiger partial charge in [0.2, 0.25) is 10.0 Å².